The number of aromatic nitrogens is 2. The number of aryl methyl sites for hydroxylation is 2. The average molecular weight is 220 g/mol. The fourth-order valence-corrected chi connectivity index (χ4v) is 3.16. The standard InChI is InChI=1S/C10H12N4S/c1-4-9-8(13-5(2)12-4)6-3-7(6)10(14-11)15-9/h6,14H,3,11H2,1-2H3. The van der Waals surface area contributed by atoms with E-state index in [9.17, 15) is 0 Å². The number of fused-ring (bicyclic) bond motifs is 3. The highest BCUT2D eigenvalue weighted by atomic mass is 32.2. The number of nitrogens with zero attached hydrogens (tertiary/aromatic N) is 2. The van der Waals surface area contributed by atoms with Crippen molar-refractivity contribution in [3.63, 3.8) is 0 Å². The van der Waals surface area contributed by atoms with Gasteiger partial charge in [0, 0.05) is 5.92 Å². The molecule has 1 aromatic rings. The third-order valence-corrected chi connectivity index (χ3v) is 4.11. The third kappa shape index (κ3) is 1.27. The molecule has 0 spiro atoms. The Morgan fingerprint density at radius 1 is 1.40 bits per heavy atom. The van der Waals surface area contributed by atoms with Crippen molar-refractivity contribution < 1.29 is 0 Å². The summed E-state index contributed by atoms with van der Waals surface area (Å²) < 4.78 is 0. The molecule has 1 atom stereocenters. The van der Waals surface area contributed by atoms with E-state index < -0.39 is 0 Å². The van der Waals surface area contributed by atoms with E-state index in [1.54, 1.807) is 11.8 Å². The summed E-state index contributed by atoms with van der Waals surface area (Å²) in [5, 5.41) is 1.09. The van der Waals surface area contributed by atoms with Crippen molar-refractivity contribution in [3.05, 3.63) is 27.8 Å². The van der Waals surface area contributed by atoms with Crippen molar-refractivity contribution in [3.8, 4) is 0 Å². The van der Waals surface area contributed by atoms with Crippen molar-refractivity contribution in [2.75, 3.05) is 0 Å². The quantitative estimate of drug-likeness (QED) is 0.552. The molecule has 15 heavy (non-hydrogen) atoms. The molecule has 1 aliphatic heterocycles. The molecule has 4 nitrogen and oxygen atoms in total. The van der Waals surface area contributed by atoms with Crippen molar-refractivity contribution in [1.82, 2.24) is 15.4 Å². The van der Waals surface area contributed by atoms with Gasteiger partial charge >= 0.3 is 0 Å². The van der Waals surface area contributed by atoms with Crippen LogP contribution in [0.15, 0.2) is 15.5 Å². The molecule has 3 rings (SSSR count). The zero-order chi connectivity index (χ0) is 10.6. The molecule has 78 valence electrons. The second kappa shape index (κ2) is 2.96. The van der Waals surface area contributed by atoms with E-state index in [0.717, 1.165) is 23.0 Å². The predicted molar refractivity (Wildman–Crippen MR) is 59.1 cm³/mol. The molecule has 0 bridgehead atoms. The van der Waals surface area contributed by atoms with Crippen LogP contribution >= 0.6 is 11.8 Å². The number of hydrazine groups is 1. The summed E-state index contributed by atoms with van der Waals surface area (Å²) in [5.74, 6) is 6.84. The van der Waals surface area contributed by atoms with Gasteiger partial charge in [-0.05, 0) is 25.8 Å². The maximum absolute atomic E-state index is 5.49. The molecular weight excluding hydrogens is 208 g/mol. The third-order valence-electron chi connectivity index (χ3n) is 2.81. The highest BCUT2D eigenvalue weighted by Crippen LogP contribution is 2.57. The molecule has 2 heterocycles. The van der Waals surface area contributed by atoms with Crippen LogP contribution in [0.4, 0.5) is 0 Å². The van der Waals surface area contributed by atoms with Gasteiger partial charge in [-0.3, -0.25) is 5.84 Å². The van der Waals surface area contributed by atoms with Crippen LogP contribution in [0.5, 0.6) is 0 Å². The lowest BCUT2D eigenvalue weighted by Gasteiger charge is -2.16. The molecule has 1 unspecified atom stereocenters. The molecule has 1 aliphatic carbocycles. The number of nitrogens with one attached hydrogen (secondary N) is 1. The van der Waals surface area contributed by atoms with Gasteiger partial charge in [-0.25, -0.2) is 9.97 Å². The van der Waals surface area contributed by atoms with Crippen LogP contribution in [0.2, 0.25) is 0 Å². The summed E-state index contributed by atoms with van der Waals surface area (Å²) in [6, 6.07) is 0. The first-order chi connectivity index (χ1) is 7.20. The van der Waals surface area contributed by atoms with Gasteiger partial charge in [-0.1, -0.05) is 11.8 Å². The van der Waals surface area contributed by atoms with Gasteiger partial charge in [-0.2, -0.15) is 0 Å². The molecule has 3 N–H and O–H groups in total. The summed E-state index contributed by atoms with van der Waals surface area (Å²) in [6.07, 6.45) is 1.09. The van der Waals surface area contributed by atoms with Gasteiger partial charge in [0.25, 0.3) is 0 Å². The zero-order valence-corrected chi connectivity index (χ0v) is 9.48. The molecule has 1 aromatic heterocycles. The van der Waals surface area contributed by atoms with Crippen LogP contribution in [0.1, 0.15) is 29.6 Å². The van der Waals surface area contributed by atoms with Gasteiger partial charge in [0.15, 0.2) is 0 Å². The molecule has 0 aromatic carbocycles. The number of hydrogen-bond donors (Lipinski definition) is 2. The van der Waals surface area contributed by atoms with Crippen LogP contribution in [-0.4, -0.2) is 9.97 Å². The van der Waals surface area contributed by atoms with E-state index in [1.165, 1.54) is 16.2 Å². The lowest BCUT2D eigenvalue weighted by Crippen LogP contribution is -2.21. The lowest BCUT2D eigenvalue weighted by molar-refractivity contribution is 0.858. The smallest absolute Gasteiger partial charge is 0.125 e. The molecule has 0 amide bonds. The van der Waals surface area contributed by atoms with Gasteiger partial charge < -0.3 is 5.43 Å². The van der Waals surface area contributed by atoms with E-state index in [2.05, 4.69) is 15.4 Å². The van der Waals surface area contributed by atoms with E-state index in [-0.39, 0.29) is 0 Å². The van der Waals surface area contributed by atoms with Crippen molar-refractivity contribution in [1.29, 1.82) is 0 Å². The first-order valence-corrected chi connectivity index (χ1v) is 5.75. The van der Waals surface area contributed by atoms with Crippen LogP contribution in [-0.2, 0) is 0 Å². The second-order valence-electron chi connectivity index (χ2n) is 3.93. The van der Waals surface area contributed by atoms with E-state index in [4.69, 9.17) is 5.84 Å². The van der Waals surface area contributed by atoms with Crippen molar-refractivity contribution in [2.24, 2.45) is 5.84 Å². The Hall–Kier alpha value is -1.07. The molecule has 1 saturated carbocycles. The molecule has 5 heteroatoms. The monoisotopic (exact) mass is 220 g/mol. The number of allylic oxidation sites excluding steroid dienone is 1. The molecule has 0 saturated heterocycles. The highest BCUT2D eigenvalue weighted by molar-refractivity contribution is 8.03. The Kier molecular flexibility index (Phi) is 1.81. The summed E-state index contributed by atoms with van der Waals surface area (Å²) in [4.78, 5) is 10.1. The molecular formula is C10H12N4S. The number of hydrogen-bond acceptors (Lipinski definition) is 5. The minimum Gasteiger partial charge on any atom is -0.318 e. The van der Waals surface area contributed by atoms with E-state index in [0.29, 0.717) is 5.92 Å². The minimum absolute atomic E-state index is 0.493. The SMILES string of the molecule is Cc1nc(C)c2c(n1)C1CC1=C(NN)S2. The summed E-state index contributed by atoms with van der Waals surface area (Å²) in [7, 11) is 0. The average Bonchev–Trinajstić information content (AvgIpc) is 2.96. The molecule has 0 radical (unpaired) electrons. The zero-order valence-electron chi connectivity index (χ0n) is 8.66. The van der Waals surface area contributed by atoms with Crippen LogP contribution in [0.25, 0.3) is 0 Å². The highest BCUT2D eigenvalue weighted by Gasteiger charge is 2.42. The Balaban J connectivity index is 2.14. The number of nitrogens with two attached hydrogens (primary N) is 1. The van der Waals surface area contributed by atoms with Crippen LogP contribution in [0, 0.1) is 13.8 Å². The van der Waals surface area contributed by atoms with Gasteiger partial charge in [0.2, 0.25) is 0 Å². The van der Waals surface area contributed by atoms with Gasteiger partial charge in [-0.15, -0.1) is 0 Å². The number of rotatable bonds is 1. The van der Waals surface area contributed by atoms with Gasteiger partial charge in [0.05, 0.1) is 21.3 Å². The summed E-state index contributed by atoms with van der Waals surface area (Å²) in [6.45, 7) is 3.97. The maximum Gasteiger partial charge on any atom is 0.125 e. The normalized spacial score (nSPS) is 22.2. The first kappa shape index (κ1) is 9.18. The van der Waals surface area contributed by atoms with E-state index >= 15 is 0 Å². The maximum atomic E-state index is 5.49. The summed E-state index contributed by atoms with van der Waals surface area (Å²) in [5.41, 5.74) is 6.41. The Labute approximate surface area is 92.3 Å². The molecule has 1 fully saturated rings. The van der Waals surface area contributed by atoms with Crippen molar-refractivity contribution >= 4 is 11.8 Å². The van der Waals surface area contributed by atoms with Crippen LogP contribution in [0.3, 0.4) is 0 Å². The van der Waals surface area contributed by atoms with Gasteiger partial charge in [0.1, 0.15) is 5.82 Å². The van der Waals surface area contributed by atoms with Crippen molar-refractivity contribution in [2.45, 2.75) is 31.1 Å². The second-order valence-corrected chi connectivity index (χ2v) is 4.95. The minimum atomic E-state index is 0.493. The number of thioether (sulfide) groups is 1. The fraction of sp³-hybridized carbons (Fsp3) is 0.400. The Morgan fingerprint density at radius 2 is 2.20 bits per heavy atom. The van der Waals surface area contributed by atoms with Crippen LogP contribution < -0.4 is 11.3 Å². The Bertz CT molecular complexity index is 481. The predicted octanol–water partition coefficient (Wildman–Crippen LogP) is 1.36. The summed E-state index contributed by atoms with van der Waals surface area (Å²) >= 11 is 1.66. The van der Waals surface area contributed by atoms with E-state index in [1.807, 2.05) is 13.8 Å². The fourth-order valence-electron chi connectivity index (χ4n) is 2.05. The lowest BCUT2D eigenvalue weighted by atomic mass is 10.2. The largest absolute Gasteiger partial charge is 0.318 e. The topological polar surface area (TPSA) is 63.8 Å². The molecule has 2 aliphatic rings. The Morgan fingerprint density at radius 3 is 2.93 bits per heavy atom. The first-order valence-electron chi connectivity index (χ1n) is 4.93.